The van der Waals surface area contributed by atoms with Gasteiger partial charge in [-0.3, -0.25) is 4.99 Å². The fourth-order valence-electron chi connectivity index (χ4n) is 0.974. The summed E-state index contributed by atoms with van der Waals surface area (Å²) in [6.07, 6.45) is 5.70. The van der Waals surface area contributed by atoms with E-state index >= 15 is 0 Å². The van der Waals surface area contributed by atoms with E-state index in [0.29, 0.717) is 13.0 Å². The van der Waals surface area contributed by atoms with Crippen LogP contribution in [-0.4, -0.2) is 29.5 Å². The number of aliphatic hydroxyl groups is 1. The zero-order chi connectivity index (χ0) is 12.6. The van der Waals surface area contributed by atoms with E-state index < -0.39 is 0 Å². The van der Waals surface area contributed by atoms with E-state index in [1.54, 1.807) is 6.21 Å². The van der Waals surface area contributed by atoms with E-state index in [0.717, 1.165) is 5.70 Å². The van der Waals surface area contributed by atoms with E-state index in [9.17, 15) is 5.11 Å². The van der Waals surface area contributed by atoms with Crippen molar-refractivity contribution in [1.29, 1.82) is 0 Å². The van der Waals surface area contributed by atoms with Crippen LogP contribution >= 0.6 is 0 Å². The lowest BCUT2D eigenvalue weighted by Crippen LogP contribution is -2.40. The largest absolute Gasteiger partial charge is 0.391 e. The van der Waals surface area contributed by atoms with Crippen LogP contribution in [0.5, 0.6) is 0 Å². The molecule has 0 aliphatic heterocycles. The molecule has 0 amide bonds. The molecule has 3 heteroatoms. The van der Waals surface area contributed by atoms with Crippen LogP contribution in [0.2, 0.25) is 0 Å². The summed E-state index contributed by atoms with van der Waals surface area (Å²) in [5.74, 6) is 0. The molecular formula is C13H24N2O. The molecule has 0 saturated heterocycles. The standard InChI is InChI=1S/C13H24N2O/c1-11(2)14-9-7-6-8-12(16)10-15-13(3,4)5/h6-7,9,12,15-16H,1,8,10H2,2-5H3/b7-6-,14-9-. The van der Waals surface area contributed by atoms with E-state index in [-0.39, 0.29) is 11.6 Å². The van der Waals surface area contributed by atoms with Gasteiger partial charge >= 0.3 is 0 Å². The Morgan fingerprint density at radius 1 is 1.50 bits per heavy atom. The van der Waals surface area contributed by atoms with Crippen LogP contribution < -0.4 is 5.32 Å². The molecule has 0 aliphatic carbocycles. The summed E-state index contributed by atoms with van der Waals surface area (Å²) in [7, 11) is 0. The van der Waals surface area contributed by atoms with Crippen molar-refractivity contribution in [2.75, 3.05) is 6.54 Å². The monoisotopic (exact) mass is 224 g/mol. The molecule has 0 aromatic heterocycles. The SMILES string of the molecule is C=C(C)/N=C\C=C/CC(O)CNC(C)(C)C. The predicted molar refractivity (Wildman–Crippen MR) is 70.8 cm³/mol. The lowest BCUT2D eigenvalue weighted by molar-refractivity contribution is 0.163. The van der Waals surface area contributed by atoms with Crippen molar-refractivity contribution >= 4 is 6.21 Å². The van der Waals surface area contributed by atoms with Gasteiger partial charge < -0.3 is 10.4 Å². The maximum absolute atomic E-state index is 9.65. The maximum Gasteiger partial charge on any atom is 0.0699 e. The molecule has 0 saturated carbocycles. The first-order chi connectivity index (χ1) is 7.31. The number of nitrogens with one attached hydrogen (secondary N) is 1. The van der Waals surface area contributed by atoms with Crippen LogP contribution in [0.4, 0.5) is 0 Å². The molecule has 0 spiro atoms. The van der Waals surface area contributed by atoms with Gasteiger partial charge in [-0.05, 0) is 40.2 Å². The van der Waals surface area contributed by atoms with Crippen molar-refractivity contribution < 1.29 is 5.11 Å². The first-order valence-electron chi connectivity index (χ1n) is 5.59. The van der Waals surface area contributed by atoms with Crippen molar-refractivity contribution in [2.45, 2.75) is 45.8 Å². The molecule has 1 atom stereocenters. The van der Waals surface area contributed by atoms with Gasteiger partial charge in [0.05, 0.1) is 6.10 Å². The second-order valence-electron chi connectivity index (χ2n) is 4.96. The maximum atomic E-state index is 9.65. The highest BCUT2D eigenvalue weighted by molar-refractivity contribution is 5.71. The summed E-state index contributed by atoms with van der Waals surface area (Å²) in [6, 6.07) is 0. The molecule has 0 heterocycles. The molecule has 3 nitrogen and oxygen atoms in total. The number of hydrogen-bond acceptors (Lipinski definition) is 3. The van der Waals surface area contributed by atoms with Crippen molar-refractivity contribution in [1.82, 2.24) is 5.32 Å². The Balaban J connectivity index is 3.73. The van der Waals surface area contributed by atoms with Crippen molar-refractivity contribution in [2.24, 2.45) is 4.99 Å². The molecule has 0 aliphatic rings. The third-order valence-corrected chi connectivity index (χ3v) is 1.79. The van der Waals surface area contributed by atoms with E-state index in [1.165, 1.54) is 0 Å². The Bertz CT molecular complexity index is 262. The van der Waals surface area contributed by atoms with Gasteiger partial charge in [0, 0.05) is 24.0 Å². The number of rotatable bonds is 6. The molecule has 2 N–H and O–H groups in total. The third kappa shape index (κ3) is 11.1. The smallest absolute Gasteiger partial charge is 0.0699 e. The van der Waals surface area contributed by atoms with Gasteiger partial charge in [-0.1, -0.05) is 12.7 Å². The van der Waals surface area contributed by atoms with E-state index in [1.807, 2.05) is 19.1 Å². The first-order valence-corrected chi connectivity index (χ1v) is 5.59. The van der Waals surface area contributed by atoms with Gasteiger partial charge in [-0.25, -0.2) is 0 Å². The Hall–Kier alpha value is -0.930. The number of β-amino-alcohol motifs (C(OH)–C–C–N with tert-alkyl or cyclic N) is 1. The lowest BCUT2D eigenvalue weighted by Gasteiger charge is -2.22. The molecule has 0 rings (SSSR count). The normalized spacial score (nSPS) is 14.8. The Morgan fingerprint density at radius 2 is 2.12 bits per heavy atom. The predicted octanol–water partition coefficient (Wildman–Crippen LogP) is 2.29. The summed E-state index contributed by atoms with van der Waals surface area (Å²) < 4.78 is 0. The molecule has 0 bridgehead atoms. The average Bonchev–Trinajstić information content (AvgIpc) is 2.12. The van der Waals surface area contributed by atoms with Crippen LogP contribution in [-0.2, 0) is 0 Å². The molecule has 0 radical (unpaired) electrons. The number of aliphatic hydroxyl groups excluding tert-OH is 1. The van der Waals surface area contributed by atoms with Crippen LogP contribution in [0.15, 0.2) is 29.4 Å². The minimum atomic E-state index is -0.353. The summed E-state index contributed by atoms with van der Waals surface area (Å²) in [6.45, 7) is 12.3. The Kier molecular flexibility index (Phi) is 6.93. The van der Waals surface area contributed by atoms with Crippen LogP contribution in [0, 0.1) is 0 Å². The topological polar surface area (TPSA) is 44.6 Å². The number of allylic oxidation sites excluding steroid dienone is 2. The average molecular weight is 224 g/mol. The molecular weight excluding hydrogens is 200 g/mol. The molecule has 1 unspecified atom stereocenters. The fraction of sp³-hybridized carbons (Fsp3) is 0.615. The fourth-order valence-corrected chi connectivity index (χ4v) is 0.974. The van der Waals surface area contributed by atoms with Crippen LogP contribution in [0.3, 0.4) is 0 Å². The second-order valence-corrected chi connectivity index (χ2v) is 4.96. The number of hydrogen-bond donors (Lipinski definition) is 2. The molecule has 16 heavy (non-hydrogen) atoms. The Labute approximate surface area is 99.0 Å². The summed E-state index contributed by atoms with van der Waals surface area (Å²) in [5.41, 5.74) is 0.825. The van der Waals surface area contributed by atoms with Gasteiger partial charge in [0.2, 0.25) is 0 Å². The van der Waals surface area contributed by atoms with Crippen molar-refractivity contribution in [3.63, 3.8) is 0 Å². The van der Waals surface area contributed by atoms with E-state index in [4.69, 9.17) is 0 Å². The summed E-state index contributed by atoms with van der Waals surface area (Å²) >= 11 is 0. The molecule has 0 aromatic rings. The summed E-state index contributed by atoms with van der Waals surface area (Å²) in [4.78, 5) is 4.00. The minimum absolute atomic E-state index is 0.0477. The lowest BCUT2D eigenvalue weighted by atomic mass is 10.1. The highest BCUT2D eigenvalue weighted by Crippen LogP contribution is 2.00. The molecule has 0 fully saturated rings. The van der Waals surface area contributed by atoms with Gasteiger partial charge in [0.25, 0.3) is 0 Å². The third-order valence-electron chi connectivity index (χ3n) is 1.79. The number of aliphatic imine (C=N–C) groups is 1. The van der Waals surface area contributed by atoms with Crippen molar-refractivity contribution in [3.8, 4) is 0 Å². The summed E-state index contributed by atoms with van der Waals surface area (Å²) in [5, 5.41) is 12.9. The molecule has 0 aromatic carbocycles. The van der Waals surface area contributed by atoms with Crippen LogP contribution in [0.25, 0.3) is 0 Å². The van der Waals surface area contributed by atoms with E-state index in [2.05, 4.69) is 37.7 Å². The first kappa shape index (κ1) is 15.1. The van der Waals surface area contributed by atoms with Gasteiger partial charge in [-0.2, -0.15) is 0 Å². The van der Waals surface area contributed by atoms with Gasteiger partial charge in [-0.15, -0.1) is 0 Å². The number of nitrogens with zero attached hydrogens (tertiary/aromatic N) is 1. The Morgan fingerprint density at radius 3 is 2.62 bits per heavy atom. The van der Waals surface area contributed by atoms with Gasteiger partial charge in [0.15, 0.2) is 0 Å². The van der Waals surface area contributed by atoms with Gasteiger partial charge in [0.1, 0.15) is 0 Å². The quantitative estimate of drug-likeness (QED) is 0.680. The van der Waals surface area contributed by atoms with Crippen molar-refractivity contribution in [3.05, 3.63) is 24.4 Å². The van der Waals surface area contributed by atoms with Crippen LogP contribution in [0.1, 0.15) is 34.1 Å². The zero-order valence-electron chi connectivity index (χ0n) is 10.8. The molecule has 92 valence electrons. The zero-order valence-corrected chi connectivity index (χ0v) is 10.8. The highest BCUT2D eigenvalue weighted by atomic mass is 16.3. The highest BCUT2D eigenvalue weighted by Gasteiger charge is 2.10. The second kappa shape index (κ2) is 7.36. The minimum Gasteiger partial charge on any atom is -0.391 e.